The molecule has 0 aliphatic carbocycles. The zero-order valence-electron chi connectivity index (χ0n) is 10.6. The van der Waals surface area contributed by atoms with Crippen LogP contribution in [0.15, 0.2) is 12.5 Å². The second kappa shape index (κ2) is 4.91. The molecule has 1 saturated heterocycles. The number of aliphatic hydroxyl groups excluding tert-OH is 1. The highest BCUT2D eigenvalue weighted by molar-refractivity contribution is 7.88. The summed E-state index contributed by atoms with van der Waals surface area (Å²) in [5, 5.41) is 9.78. The summed E-state index contributed by atoms with van der Waals surface area (Å²) in [6.07, 6.45) is 3.18. The van der Waals surface area contributed by atoms with E-state index in [2.05, 4.69) is 9.71 Å². The number of imidazole rings is 1. The first-order chi connectivity index (χ1) is 8.76. The molecule has 2 N–H and O–H groups in total. The summed E-state index contributed by atoms with van der Waals surface area (Å²) in [4.78, 5) is 17.4. The minimum absolute atomic E-state index is 0.0859. The van der Waals surface area contributed by atoms with Gasteiger partial charge in [0.25, 0.3) is 5.91 Å². The Bertz CT molecular complexity index is 582. The van der Waals surface area contributed by atoms with E-state index in [1.54, 1.807) is 17.8 Å². The number of hydrogen-bond acceptors (Lipinski definition) is 5. The first-order valence-electron chi connectivity index (χ1n) is 5.69. The molecule has 0 saturated carbocycles. The Morgan fingerprint density at radius 2 is 2.21 bits per heavy atom. The molecule has 1 aromatic rings. The lowest BCUT2D eigenvalue weighted by Crippen LogP contribution is -2.42. The van der Waals surface area contributed by atoms with Gasteiger partial charge in [0.05, 0.1) is 24.7 Å². The molecule has 0 radical (unpaired) electrons. The molecule has 19 heavy (non-hydrogen) atoms. The molecule has 9 heteroatoms. The SMILES string of the molecule is Cn1cnc(C(=O)N2C[C@@H](O)[C@H](NS(C)(=O)=O)C2)c1. The van der Waals surface area contributed by atoms with E-state index in [0.717, 1.165) is 6.26 Å². The minimum Gasteiger partial charge on any atom is -0.390 e. The standard InChI is InChI=1S/C10H16N4O4S/c1-13-3-8(11-6-13)10(16)14-4-7(9(15)5-14)12-19(2,17)18/h3,6-7,9,12,15H,4-5H2,1-2H3/t7-,9-/m1/s1. The molecule has 1 aromatic heterocycles. The number of aromatic nitrogens is 2. The van der Waals surface area contributed by atoms with Gasteiger partial charge in [0, 0.05) is 26.3 Å². The third kappa shape index (κ3) is 3.31. The van der Waals surface area contributed by atoms with Crippen molar-refractivity contribution in [3.05, 3.63) is 18.2 Å². The summed E-state index contributed by atoms with van der Waals surface area (Å²) < 4.78 is 26.2. The second-order valence-corrected chi connectivity index (χ2v) is 6.48. The monoisotopic (exact) mass is 288 g/mol. The van der Waals surface area contributed by atoms with Gasteiger partial charge in [-0.05, 0) is 0 Å². The molecule has 0 unspecified atom stereocenters. The van der Waals surface area contributed by atoms with Gasteiger partial charge in [0.15, 0.2) is 0 Å². The zero-order valence-corrected chi connectivity index (χ0v) is 11.5. The largest absolute Gasteiger partial charge is 0.390 e. The Morgan fingerprint density at radius 1 is 1.53 bits per heavy atom. The fourth-order valence-corrected chi connectivity index (χ4v) is 2.81. The van der Waals surface area contributed by atoms with Crippen LogP contribution in [0.5, 0.6) is 0 Å². The number of sulfonamides is 1. The molecule has 2 atom stereocenters. The van der Waals surface area contributed by atoms with Gasteiger partial charge in [0.1, 0.15) is 5.69 Å². The number of hydrogen-bond donors (Lipinski definition) is 2. The number of rotatable bonds is 3. The van der Waals surface area contributed by atoms with E-state index in [-0.39, 0.29) is 24.7 Å². The van der Waals surface area contributed by atoms with Crippen LogP contribution in [0.1, 0.15) is 10.5 Å². The van der Waals surface area contributed by atoms with E-state index >= 15 is 0 Å². The van der Waals surface area contributed by atoms with Gasteiger partial charge in [-0.1, -0.05) is 0 Å². The zero-order chi connectivity index (χ0) is 14.2. The molecule has 1 fully saturated rings. The van der Waals surface area contributed by atoms with Crippen molar-refractivity contribution < 1.29 is 18.3 Å². The second-order valence-electron chi connectivity index (χ2n) is 4.70. The molecule has 2 rings (SSSR count). The average Bonchev–Trinajstić information content (AvgIpc) is 2.84. The highest BCUT2D eigenvalue weighted by Gasteiger charge is 2.36. The van der Waals surface area contributed by atoms with Gasteiger partial charge in [-0.25, -0.2) is 18.1 Å². The van der Waals surface area contributed by atoms with Crippen LogP contribution in [0.4, 0.5) is 0 Å². The van der Waals surface area contributed by atoms with Gasteiger partial charge in [-0.15, -0.1) is 0 Å². The van der Waals surface area contributed by atoms with Crippen LogP contribution in [0.3, 0.4) is 0 Å². The molecule has 1 aliphatic heterocycles. The summed E-state index contributed by atoms with van der Waals surface area (Å²) in [5.41, 5.74) is 0.273. The van der Waals surface area contributed by atoms with Crippen molar-refractivity contribution in [1.29, 1.82) is 0 Å². The van der Waals surface area contributed by atoms with E-state index < -0.39 is 22.2 Å². The van der Waals surface area contributed by atoms with Crippen molar-refractivity contribution in [3.63, 3.8) is 0 Å². The Labute approximate surface area is 111 Å². The molecule has 0 spiro atoms. The average molecular weight is 288 g/mol. The summed E-state index contributed by atoms with van der Waals surface area (Å²) in [6, 6.07) is -0.678. The van der Waals surface area contributed by atoms with Gasteiger partial charge in [-0.2, -0.15) is 0 Å². The fraction of sp³-hybridized carbons (Fsp3) is 0.600. The molecule has 0 bridgehead atoms. The first kappa shape index (κ1) is 14.0. The van der Waals surface area contributed by atoms with Crippen LogP contribution in [-0.4, -0.2) is 65.4 Å². The van der Waals surface area contributed by atoms with E-state index in [1.165, 1.54) is 11.2 Å². The van der Waals surface area contributed by atoms with Gasteiger partial charge >= 0.3 is 0 Å². The van der Waals surface area contributed by atoms with Crippen LogP contribution >= 0.6 is 0 Å². The number of nitrogens with one attached hydrogen (secondary N) is 1. The number of aryl methyl sites for hydroxylation is 1. The lowest BCUT2D eigenvalue weighted by molar-refractivity contribution is 0.0759. The number of carbonyl (C=O) groups is 1. The van der Waals surface area contributed by atoms with Crippen molar-refractivity contribution in [2.75, 3.05) is 19.3 Å². The maximum atomic E-state index is 12.1. The first-order valence-corrected chi connectivity index (χ1v) is 7.58. The van der Waals surface area contributed by atoms with Crippen molar-refractivity contribution in [3.8, 4) is 0 Å². The number of likely N-dealkylation sites (tertiary alicyclic amines) is 1. The van der Waals surface area contributed by atoms with Crippen molar-refractivity contribution in [2.24, 2.45) is 7.05 Å². The molecule has 2 heterocycles. The van der Waals surface area contributed by atoms with Crippen LogP contribution < -0.4 is 4.72 Å². The quantitative estimate of drug-likeness (QED) is 0.680. The predicted octanol–water partition coefficient (Wildman–Crippen LogP) is -1.85. The van der Waals surface area contributed by atoms with Gasteiger partial charge < -0.3 is 14.6 Å². The fourth-order valence-electron chi connectivity index (χ4n) is 2.03. The molecule has 0 aromatic carbocycles. The number of nitrogens with zero attached hydrogens (tertiary/aromatic N) is 3. The Balaban J connectivity index is 2.06. The third-order valence-electron chi connectivity index (χ3n) is 2.87. The molecule has 1 amide bonds. The van der Waals surface area contributed by atoms with E-state index in [9.17, 15) is 18.3 Å². The summed E-state index contributed by atoms with van der Waals surface area (Å²) >= 11 is 0. The van der Waals surface area contributed by atoms with Crippen LogP contribution in [-0.2, 0) is 17.1 Å². The topological polar surface area (TPSA) is 105 Å². The Hall–Kier alpha value is -1.45. The smallest absolute Gasteiger partial charge is 0.274 e. The summed E-state index contributed by atoms with van der Waals surface area (Å²) in [7, 11) is -1.67. The molecule has 1 aliphatic rings. The predicted molar refractivity (Wildman–Crippen MR) is 66.9 cm³/mol. The molecular weight excluding hydrogens is 272 g/mol. The van der Waals surface area contributed by atoms with Crippen LogP contribution in [0, 0.1) is 0 Å². The third-order valence-corrected chi connectivity index (χ3v) is 3.60. The highest BCUT2D eigenvalue weighted by Crippen LogP contribution is 2.14. The van der Waals surface area contributed by atoms with Crippen LogP contribution in [0.2, 0.25) is 0 Å². The van der Waals surface area contributed by atoms with Gasteiger partial charge in [-0.3, -0.25) is 4.79 Å². The summed E-state index contributed by atoms with van der Waals surface area (Å²) in [6.45, 7) is 0.215. The van der Waals surface area contributed by atoms with E-state index in [1.807, 2.05) is 0 Å². The van der Waals surface area contributed by atoms with Crippen molar-refractivity contribution >= 4 is 15.9 Å². The summed E-state index contributed by atoms with van der Waals surface area (Å²) in [5.74, 6) is -0.322. The van der Waals surface area contributed by atoms with Crippen LogP contribution in [0.25, 0.3) is 0 Å². The van der Waals surface area contributed by atoms with Crippen molar-refractivity contribution in [1.82, 2.24) is 19.2 Å². The highest BCUT2D eigenvalue weighted by atomic mass is 32.2. The van der Waals surface area contributed by atoms with Crippen molar-refractivity contribution in [2.45, 2.75) is 12.1 Å². The number of amides is 1. The number of carbonyl (C=O) groups excluding carboxylic acids is 1. The molecular formula is C10H16N4O4S. The van der Waals surface area contributed by atoms with E-state index in [4.69, 9.17) is 0 Å². The molecule has 8 nitrogen and oxygen atoms in total. The number of aliphatic hydroxyl groups is 1. The normalized spacial score (nSPS) is 23.8. The maximum absolute atomic E-state index is 12.1. The molecule has 106 valence electrons. The Kier molecular flexibility index (Phi) is 3.61. The lowest BCUT2D eigenvalue weighted by Gasteiger charge is -2.14. The number of β-amino-alcohol motifs (C(OH)–C–C–N with tert-alkyl or cyclic N) is 1. The Morgan fingerprint density at radius 3 is 2.74 bits per heavy atom. The maximum Gasteiger partial charge on any atom is 0.274 e. The van der Waals surface area contributed by atoms with Gasteiger partial charge in [0.2, 0.25) is 10.0 Å². The minimum atomic E-state index is -3.42. The lowest BCUT2D eigenvalue weighted by atomic mass is 10.2. The van der Waals surface area contributed by atoms with E-state index in [0.29, 0.717) is 0 Å².